The SMILES string of the molecule is C=C(C)/C=C/C[C@H](C)/C=C(\C=C\[C@@H]1CC=CC(=O)O1)CC. The molecule has 0 aromatic carbocycles. The zero-order valence-electron chi connectivity index (χ0n) is 13.3. The Morgan fingerprint density at radius 1 is 1.52 bits per heavy atom. The second-order valence-electron chi connectivity index (χ2n) is 5.53. The fourth-order valence-corrected chi connectivity index (χ4v) is 2.09. The molecular formula is C19H26O2. The van der Waals surface area contributed by atoms with Crippen LogP contribution >= 0.6 is 0 Å². The molecule has 0 amide bonds. The molecule has 0 aromatic heterocycles. The molecule has 0 aliphatic carbocycles. The van der Waals surface area contributed by atoms with E-state index in [1.54, 1.807) is 0 Å². The molecule has 0 bridgehead atoms. The van der Waals surface area contributed by atoms with Gasteiger partial charge in [0.1, 0.15) is 6.10 Å². The van der Waals surface area contributed by atoms with Gasteiger partial charge in [0, 0.05) is 12.5 Å². The van der Waals surface area contributed by atoms with Crippen LogP contribution in [-0.2, 0) is 9.53 Å². The van der Waals surface area contributed by atoms with Crippen LogP contribution in [0, 0.1) is 5.92 Å². The normalized spacial score (nSPS) is 21.0. The van der Waals surface area contributed by atoms with Gasteiger partial charge in [-0.2, -0.15) is 0 Å². The van der Waals surface area contributed by atoms with Crippen molar-refractivity contribution in [2.45, 2.75) is 46.1 Å². The summed E-state index contributed by atoms with van der Waals surface area (Å²) in [4.78, 5) is 11.2. The van der Waals surface area contributed by atoms with E-state index >= 15 is 0 Å². The number of carbonyl (C=O) groups excluding carboxylic acids is 1. The monoisotopic (exact) mass is 286 g/mol. The molecule has 2 atom stereocenters. The lowest BCUT2D eigenvalue weighted by molar-refractivity contribution is -0.141. The number of hydrogen-bond acceptors (Lipinski definition) is 2. The summed E-state index contributed by atoms with van der Waals surface area (Å²) in [5.74, 6) is 0.227. The molecule has 1 heterocycles. The van der Waals surface area contributed by atoms with E-state index in [1.165, 1.54) is 11.6 Å². The molecular weight excluding hydrogens is 260 g/mol. The lowest BCUT2D eigenvalue weighted by atomic mass is 10.0. The summed E-state index contributed by atoms with van der Waals surface area (Å²) in [6.45, 7) is 10.2. The first-order chi connectivity index (χ1) is 10.0. The molecule has 0 radical (unpaired) electrons. The molecule has 21 heavy (non-hydrogen) atoms. The van der Waals surface area contributed by atoms with Crippen molar-refractivity contribution in [1.29, 1.82) is 0 Å². The summed E-state index contributed by atoms with van der Waals surface area (Å²) in [5, 5.41) is 0. The van der Waals surface area contributed by atoms with Crippen molar-refractivity contribution in [2.75, 3.05) is 0 Å². The number of allylic oxidation sites excluding steroid dienone is 6. The number of rotatable bonds is 7. The minimum absolute atomic E-state index is 0.129. The molecule has 0 unspecified atom stereocenters. The quantitative estimate of drug-likeness (QED) is 0.491. The molecule has 0 fully saturated rings. The Labute approximate surface area is 128 Å². The highest BCUT2D eigenvalue weighted by molar-refractivity contribution is 5.82. The highest BCUT2D eigenvalue weighted by atomic mass is 16.5. The van der Waals surface area contributed by atoms with Gasteiger partial charge in [0.15, 0.2) is 0 Å². The van der Waals surface area contributed by atoms with Crippen molar-refractivity contribution < 1.29 is 9.53 Å². The van der Waals surface area contributed by atoms with E-state index in [0.717, 1.165) is 24.8 Å². The fourth-order valence-electron chi connectivity index (χ4n) is 2.09. The highest BCUT2D eigenvalue weighted by Crippen LogP contribution is 2.15. The lowest BCUT2D eigenvalue weighted by Crippen LogP contribution is -2.17. The van der Waals surface area contributed by atoms with E-state index in [9.17, 15) is 4.79 Å². The average molecular weight is 286 g/mol. The van der Waals surface area contributed by atoms with Gasteiger partial charge in [0.25, 0.3) is 0 Å². The van der Waals surface area contributed by atoms with Crippen LogP contribution in [0.3, 0.4) is 0 Å². The molecule has 1 aliphatic heterocycles. The third kappa shape index (κ3) is 7.50. The van der Waals surface area contributed by atoms with Gasteiger partial charge in [-0.25, -0.2) is 4.79 Å². The Kier molecular flexibility index (Phi) is 7.52. The average Bonchev–Trinajstić information content (AvgIpc) is 2.43. The van der Waals surface area contributed by atoms with Gasteiger partial charge in [-0.1, -0.05) is 62.0 Å². The summed E-state index contributed by atoms with van der Waals surface area (Å²) >= 11 is 0. The summed E-state index contributed by atoms with van der Waals surface area (Å²) in [6, 6.07) is 0. The van der Waals surface area contributed by atoms with Crippen LogP contribution in [0.1, 0.15) is 40.0 Å². The van der Waals surface area contributed by atoms with Crippen molar-refractivity contribution in [3.8, 4) is 0 Å². The largest absolute Gasteiger partial charge is 0.455 e. The summed E-state index contributed by atoms with van der Waals surface area (Å²) < 4.78 is 5.22. The maximum Gasteiger partial charge on any atom is 0.331 e. The molecule has 114 valence electrons. The van der Waals surface area contributed by atoms with E-state index in [2.05, 4.69) is 44.7 Å². The van der Waals surface area contributed by atoms with Gasteiger partial charge < -0.3 is 4.74 Å². The molecule has 0 aromatic rings. The molecule has 0 N–H and O–H groups in total. The van der Waals surface area contributed by atoms with E-state index in [0.29, 0.717) is 5.92 Å². The van der Waals surface area contributed by atoms with Crippen LogP contribution in [0.25, 0.3) is 0 Å². The Bertz CT molecular complexity index is 478. The minimum Gasteiger partial charge on any atom is -0.455 e. The first-order valence-corrected chi connectivity index (χ1v) is 7.59. The third-order valence-corrected chi connectivity index (χ3v) is 3.23. The predicted molar refractivity (Wildman–Crippen MR) is 88.9 cm³/mol. The smallest absolute Gasteiger partial charge is 0.331 e. The van der Waals surface area contributed by atoms with Gasteiger partial charge in [-0.3, -0.25) is 0 Å². The Balaban J connectivity index is 2.56. The predicted octanol–water partition coefficient (Wildman–Crippen LogP) is 4.91. The lowest BCUT2D eigenvalue weighted by Gasteiger charge is -2.15. The maximum atomic E-state index is 11.2. The van der Waals surface area contributed by atoms with Crippen LogP contribution in [0.5, 0.6) is 0 Å². The molecule has 1 rings (SSSR count). The van der Waals surface area contributed by atoms with Crippen molar-refractivity contribution in [3.05, 3.63) is 60.3 Å². The van der Waals surface area contributed by atoms with Crippen molar-refractivity contribution >= 4 is 5.97 Å². The number of esters is 1. The Morgan fingerprint density at radius 2 is 2.29 bits per heavy atom. The fraction of sp³-hybridized carbons (Fsp3) is 0.421. The van der Waals surface area contributed by atoms with E-state index in [-0.39, 0.29) is 12.1 Å². The summed E-state index contributed by atoms with van der Waals surface area (Å²) in [7, 11) is 0. The third-order valence-electron chi connectivity index (χ3n) is 3.23. The van der Waals surface area contributed by atoms with Gasteiger partial charge in [-0.15, -0.1) is 0 Å². The zero-order chi connectivity index (χ0) is 15.7. The van der Waals surface area contributed by atoms with Crippen LogP contribution in [0.2, 0.25) is 0 Å². The van der Waals surface area contributed by atoms with Crippen LogP contribution in [0.15, 0.2) is 60.3 Å². The van der Waals surface area contributed by atoms with Gasteiger partial charge in [0.2, 0.25) is 0 Å². The van der Waals surface area contributed by atoms with Gasteiger partial charge in [-0.05, 0) is 31.8 Å². The van der Waals surface area contributed by atoms with Gasteiger partial charge >= 0.3 is 5.97 Å². The van der Waals surface area contributed by atoms with Crippen molar-refractivity contribution in [3.63, 3.8) is 0 Å². The van der Waals surface area contributed by atoms with Crippen molar-refractivity contribution in [2.24, 2.45) is 5.92 Å². The van der Waals surface area contributed by atoms with Crippen molar-refractivity contribution in [1.82, 2.24) is 0 Å². The van der Waals surface area contributed by atoms with Crippen LogP contribution < -0.4 is 0 Å². The number of ether oxygens (including phenoxy) is 1. The minimum atomic E-state index is -0.253. The first-order valence-electron chi connectivity index (χ1n) is 7.59. The second kappa shape index (κ2) is 9.17. The molecule has 2 nitrogen and oxygen atoms in total. The van der Waals surface area contributed by atoms with E-state index in [4.69, 9.17) is 4.74 Å². The van der Waals surface area contributed by atoms with E-state index < -0.39 is 0 Å². The second-order valence-corrected chi connectivity index (χ2v) is 5.53. The topological polar surface area (TPSA) is 26.3 Å². The number of hydrogen-bond donors (Lipinski definition) is 0. The van der Waals surface area contributed by atoms with Crippen LogP contribution in [0.4, 0.5) is 0 Å². The van der Waals surface area contributed by atoms with E-state index in [1.807, 2.05) is 19.1 Å². The molecule has 2 heteroatoms. The maximum absolute atomic E-state index is 11.2. The Morgan fingerprint density at radius 3 is 2.90 bits per heavy atom. The standard InChI is InChI=1S/C19H26O2/c1-5-17(14-16(4)9-6-8-15(2)3)12-13-18-10-7-11-19(20)21-18/h6-8,11-14,16,18H,2,5,9-10H2,1,3-4H3/b8-6+,13-12+,17-14-/t16-,18-/m0/s1. The van der Waals surface area contributed by atoms with Gasteiger partial charge in [0.05, 0.1) is 0 Å². The zero-order valence-corrected chi connectivity index (χ0v) is 13.3. The Hall–Kier alpha value is -1.83. The molecule has 1 aliphatic rings. The molecule has 0 saturated carbocycles. The summed E-state index contributed by atoms with van der Waals surface area (Å²) in [5.41, 5.74) is 2.35. The summed E-state index contributed by atoms with van der Waals surface area (Å²) in [6.07, 6.45) is 16.5. The number of carbonyl (C=O) groups is 1. The molecule has 0 spiro atoms. The first kappa shape index (κ1) is 17.2. The highest BCUT2D eigenvalue weighted by Gasteiger charge is 2.12. The number of cyclic esters (lactones) is 1. The molecule has 0 saturated heterocycles. The van der Waals surface area contributed by atoms with Crippen LogP contribution in [-0.4, -0.2) is 12.1 Å².